The summed E-state index contributed by atoms with van der Waals surface area (Å²) in [6.07, 6.45) is 2.65. The van der Waals surface area contributed by atoms with E-state index in [4.69, 9.17) is 21.2 Å². The highest BCUT2D eigenvalue weighted by Crippen LogP contribution is 2.33. The Bertz CT molecular complexity index is 917. The van der Waals surface area contributed by atoms with Gasteiger partial charge in [-0.25, -0.2) is 9.97 Å². The number of benzene rings is 1. The number of hydrogen-bond acceptors (Lipinski definition) is 6. The van der Waals surface area contributed by atoms with Crippen molar-refractivity contribution in [2.75, 3.05) is 18.0 Å². The number of hydrogen-bond donors (Lipinski definition) is 1. The van der Waals surface area contributed by atoms with Crippen molar-refractivity contribution in [1.29, 1.82) is 0 Å². The third-order valence-corrected chi connectivity index (χ3v) is 4.75. The third-order valence-electron chi connectivity index (χ3n) is 4.50. The van der Waals surface area contributed by atoms with Gasteiger partial charge in [-0.05, 0) is 25.0 Å². The number of carbonyl (C=O) groups is 1. The van der Waals surface area contributed by atoms with Crippen molar-refractivity contribution in [3.63, 3.8) is 0 Å². The molecule has 0 amide bonds. The number of rotatable bonds is 3. The molecule has 7 nitrogen and oxygen atoms in total. The molecule has 8 heteroatoms. The summed E-state index contributed by atoms with van der Waals surface area (Å²) in [4.78, 5) is 21.8. The fourth-order valence-corrected chi connectivity index (χ4v) is 3.24. The summed E-state index contributed by atoms with van der Waals surface area (Å²) in [6, 6.07) is 7.30. The first-order chi connectivity index (χ1) is 12.1. The molecule has 1 N–H and O–H groups in total. The van der Waals surface area contributed by atoms with Gasteiger partial charge in [-0.15, -0.1) is 0 Å². The maximum atomic E-state index is 11.1. The van der Waals surface area contributed by atoms with E-state index in [0.717, 1.165) is 5.56 Å². The van der Waals surface area contributed by atoms with Crippen LogP contribution in [0.3, 0.4) is 0 Å². The highest BCUT2D eigenvalue weighted by atomic mass is 35.5. The van der Waals surface area contributed by atoms with E-state index in [0.29, 0.717) is 53.6 Å². The quantitative estimate of drug-likeness (QED) is 0.768. The lowest BCUT2D eigenvalue weighted by Gasteiger charge is -2.30. The summed E-state index contributed by atoms with van der Waals surface area (Å²) in [5.41, 5.74) is 2.64. The number of anilines is 1. The summed E-state index contributed by atoms with van der Waals surface area (Å²) >= 11 is 5.93. The average molecular weight is 359 g/mol. The van der Waals surface area contributed by atoms with Crippen LogP contribution in [-0.2, 0) is 4.79 Å². The van der Waals surface area contributed by atoms with Crippen molar-refractivity contribution in [2.45, 2.75) is 12.8 Å². The van der Waals surface area contributed by atoms with E-state index in [-0.39, 0.29) is 5.92 Å². The van der Waals surface area contributed by atoms with Gasteiger partial charge in [0.2, 0.25) is 5.58 Å². The molecule has 25 heavy (non-hydrogen) atoms. The van der Waals surface area contributed by atoms with Crippen molar-refractivity contribution < 1.29 is 14.4 Å². The van der Waals surface area contributed by atoms with E-state index in [2.05, 4.69) is 15.1 Å². The smallest absolute Gasteiger partial charge is 0.306 e. The van der Waals surface area contributed by atoms with Crippen molar-refractivity contribution >= 4 is 34.5 Å². The molecule has 0 unspecified atom stereocenters. The molecule has 0 radical (unpaired) electrons. The minimum atomic E-state index is -0.739. The molecule has 3 heterocycles. The van der Waals surface area contributed by atoms with Crippen LogP contribution in [0.15, 0.2) is 35.1 Å². The number of nitrogens with zero attached hydrogens (tertiary/aromatic N) is 4. The minimum Gasteiger partial charge on any atom is -0.481 e. The highest BCUT2D eigenvalue weighted by molar-refractivity contribution is 6.30. The summed E-state index contributed by atoms with van der Waals surface area (Å²) < 4.78 is 5.53. The largest absolute Gasteiger partial charge is 0.481 e. The molecule has 0 spiro atoms. The standard InChI is InChI=1S/C17H15ClN4O3/c18-12-3-1-10(2-4-12)13-14-15(25-21-13)16(20-9-19-14)22-7-5-11(6-8-22)17(23)24/h1-4,9,11H,5-8H2,(H,23,24). The second-order valence-corrected chi connectivity index (χ2v) is 6.45. The monoisotopic (exact) mass is 358 g/mol. The van der Waals surface area contributed by atoms with Crippen molar-refractivity contribution in [1.82, 2.24) is 15.1 Å². The Hall–Kier alpha value is -2.67. The number of fused-ring (bicyclic) bond motifs is 1. The Balaban J connectivity index is 1.68. The van der Waals surface area contributed by atoms with E-state index < -0.39 is 5.97 Å². The van der Waals surface area contributed by atoms with E-state index in [1.165, 1.54) is 6.33 Å². The van der Waals surface area contributed by atoms with Gasteiger partial charge in [-0.1, -0.05) is 28.9 Å². The average Bonchev–Trinajstić information content (AvgIpc) is 3.06. The number of carboxylic acid groups (broad SMARTS) is 1. The lowest BCUT2D eigenvalue weighted by atomic mass is 9.97. The number of halogens is 1. The summed E-state index contributed by atoms with van der Waals surface area (Å²) in [5, 5.41) is 13.9. The van der Waals surface area contributed by atoms with Gasteiger partial charge in [0.1, 0.15) is 17.5 Å². The van der Waals surface area contributed by atoms with Crippen LogP contribution < -0.4 is 4.90 Å². The first kappa shape index (κ1) is 15.8. The number of piperidine rings is 1. The molecule has 0 atom stereocenters. The Morgan fingerprint density at radius 2 is 1.92 bits per heavy atom. The lowest BCUT2D eigenvalue weighted by molar-refractivity contribution is -0.142. The third kappa shape index (κ3) is 2.91. The zero-order valence-corrected chi connectivity index (χ0v) is 14.0. The van der Waals surface area contributed by atoms with E-state index >= 15 is 0 Å². The van der Waals surface area contributed by atoms with E-state index in [1.54, 1.807) is 12.1 Å². The molecule has 3 aromatic rings. The number of carboxylic acids is 1. The molecule has 1 saturated heterocycles. The fraction of sp³-hybridized carbons (Fsp3) is 0.294. The number of aromatic nitrogens is 3. The van der Waals surface area contributed by atoms with Gasteiger partial charge < -0.3 is 14.5 Å². The molecule has 128 valence electrons. The molecular formula is C17H15ClN4O3. The van der Waals surface area contributed by atoms with Crippen molar-refractivity contribution in [3.8, 4) is 11.3 Å². The molecule has 1 aromatic carbocycles. The van der Waals surface area contributed by atoms with Crippen LogP contribution in [0.2, 0.25) is 5.02 Å². The highest BCUT2D eigenvalue weighted by Gasteiger charge is 2.27. The van der Waals surface area contributed by atoms with Crippen molar-refractivity contribution in [2.24, 2.45) is 5.92 Å². The Kier molecular flexibility index (Phi) is 4.01. The van der Waals surface area contributed by atoms with Crippen LogP contribution in [0.25, 0.3) is 22.4 Å². The van der Waals surface area contributed by atoms with E-state index in [9.17, 15) is 4.79 Å². The second-order valence-electron chi connectivity index (χ2n) is 6.01. The topological polar surface area (TPSA) is 92.3 Å². The molecule has 4 rings (SSSR count). The fourth-order valence-electron chi connectivity index (χ4n) is 3.11. The summed E-state index contributed by atoms with van der Waals surface area (Å²) in [5.74, 6) is -0.383. The maximum Gasteiger partial charge on any atom is 0.306 e. The predicted octanol–water partition coefficient (Wildman–Crippen LogP) is 3.24. The first-order valence-corrected chi connectivity index (χ1v) is 8.35. The van der Waals surface area contributed by atoms with Crippen LogP contribution in [0.1, 0.15) is 12.8 Å². The Morgan fingerprint density at radius 3 is 2.60 bits per heavy atom. The first-order valence-electron chi connectivity index (χ1n) is 7.97. The molecule has 2 aromatic heterocycles. The molecule has 1 fully saturated rings. The van der Waals surface area contributed by atoms with E-state index in [1.807, 2.05) is 17.0 Å². The van der Waals surface area contributed by atoms with Crippen molar-refractivity contribution in [3.05, 3.63) is 35.6 Å². The molecule has 1 aliphatic rings. The van der Waals surface area contributed by atoms with Crippen LogP contribution in [-0.4, -0.2) is 39.3 Å². The normalized spacial score (nSPS) is 15.6. The van der Waals surface area contributed by atoms with Crippen LogP contribution in [0.5, 0.6) is 0 Å². The van der Waals surface area contributed by atoms with Gasteiger partial charge in [-0.2, -0.15) is 0 Å². The summed E-state index contributed by atoms with van der Waals surface area (Å²) in [7, 11) is 0. The lowest BCUT2D eigenvalue weighted by Crippen LogP contribution is -2.36. The molecule has 1 aliphatic heterocycles. The molecule has 0 bridgehead atoms. The minimum absolute atomic E-state index is 0.298. The van der Waals surface area contributed by atoms with Gasteiger partial charge in [0.25, 0.3) is 0 Å². The Labute approximate surface area is 148 Å². The van der Waals surface area contributed by atoms with Gasteiger partial charge in [0.15, 0.2) is 5.82 Å². The summed E-state index contributed by atoms with van der Waals surface area (Å²) in [6.45, 7) is 1.22. The maximum absolute atomic E-state index is 11.1. The molecule has 0 aliphatic carbocycles. The van der Waals surface area contributed by atoms with Crippen LogP contribution >= 0.6 is 11.6 Å². The zero-order chi connectivity index (χ0) is 17.4. The van der Waals surface area contributed by atoms with Gasteiger partial charge in [0.05, 0.1) is 5.92 Å². The SMILES string of the molecule is O=C(O)C1CCN(c2ncnc3c(-c4ccc(Cl)cc4)noc23)CC1. The van der Waals surface area contributed by atoms with Gasteiger partial charge in [0, 0.05) is 23.7 Å². The van der Waals surface area contributed by atoms with Crippen LogP contribution in [0.4, 0.5) is 5.82 Å². The molecule has 0 saturated carbocycles. The van der Waals surface area contributed by atoms with Crippen LogP contribution in [0, 0.1) is 5.92 Å². The molecular weight excluding hydrogens is 344 g/mol. The Morgan fingerprint density at radius 1 is 1.20 bits per heavy atom. The predicted molar refractivity (Wildman–Crippen MR) is 92.6 cm³/mol. The van der Waals surface area contributed by atoms with Gasteiger partial charge >= 0.3 is 5.97 Å². The van der Waals surface area contributed by atoms with Gasteiger partial charge in [-0.3, -0.25) is 4.79 Å². The number of aliphatic carboxylic acids is 1. The zero-order valence-electron chi connectivity index (χ0n) is 13.2. The second kappa shape index (κ2) is 6.33.